The molecule has 0 aliphatic carbocycles. The van der Waals surface area contributed by atoms with Crippen LogP contribution in [-0.2, 0) is 11.3 Å². The van der Waals surface area contributed by atoms with E-state index in [0.29, 0.717) is 0 Å². The van der Waals surface area contributed by atoms with E-state index in [-0.39, 0.29) is 17.7 Å². The van der Waals surface area contributed by atoms with Gasteiger partial charge in [0.05, 0.1) is 17.9 Å². The van der Waals surface area contributed by atoms with Gasteiger partial charge in [-0.3, -0.25) is 14.6 Å². The summed E-state index contributed by atoms with van der Waals surface area (Å²) in [6.07, 6.45) is 1.56. The average molecular weight is 379 g/mol. The van der Waals surface area contributed by atoms with E-state index in [9.17, 15) is 0 Å². The highest BCUT2D eigenvalue weighted by molar-refractivity contribution is 5.79. The Morgan fingerprint density at radius 1 is 1.26 bits per heavy atom. The largest absolute Gasteiger partial charge is 0.373 e. The van der Waals surface area contributed by atoms with Crippen LogP contribution in [0.15, 0.2) is 11.1 Å². The van der Waals surface area contributed by atoms with Crippen LogP contribution in [-0.4, -0.2) is 71.6 Å². The molecule has 7 nitrogen and oxygen atoms in total. The van der Waals surface area contributed by atoms with Gasteiger partial charge in [-0.15, -0.1) is 0 Å². The second-order valence-corrected chi connectivity index (χ2v) is 8.33. The number of aryl methyl sites for hydroxylation is 3. The molecule has 2 rings (SSSR count). The standard InChI is InChI=1S/C20H38N6O/c1-15-11-16(2)26(24-15)10-8-9-22-19(21-7)23-14-20(5,6)25-12-17(3)27-18(4)13-25/h11,17-18H,8-10,12-14H2,1-7H3,(H2,21,22,23). The van der Waals surface area contributed by atoms with E-state index in [1.807, 2.05) is 14.0 Å². The molecule has 1 aliphatic rings. The predicted molar refractivity (Wildman–Crippen MR) is 111 cm³/mol. The van der Waals surface area contributed by atoms with Crippen LogP contribution < -0.4 is 10.6 Å². The van der Waals surface area contributed by atoms with E-state index in [1.165, 1.54) is 5.69 Å². The predicted octanol–water partition coefficient (Wildman–Crippen LogP) is 1.94. The molecule has 2 atom stereocenters. The zero-order valence-electron chi connectivity index (χ0n) is 18.2. The molecule has 154 valence electrons. The molecule has 1 fully saturated rings. The van der Waals surface area contributed by atoms with E-state index in [0.717, 1.165) is 50.8 Å². The number of ether oxygens (including phenoxy) is 1. The Morgan fingerprint density at radius 3 is 2.48 bits per heavy atom. The van der Waals surface area contributed by atoms with Gasteiger partial charge in [0.1, 0.15) is 0 Å². The fraction of sp³-hybridized carbons (Fsp3) is 0.800. The van der Waals surface area contributed by atoms with Crippen LogP contribution >= 0.6 is 0 Å². The van der Waals surface area contributed by atoms with E-state index in [4.69, 9.17) is 4.74 Å². The minimum absolute atomic E-state index is 0.0353. The zero-order valence-corrected chi connectivity index (χ0v) is 18.2. The summed E-state index contributed by atoms with van der Waals surface area (Å²) < 4.78 is 7.93. The normalized spacial score (nSPS) is 22.1. The maximum Gasteiger partial charge on any atom is 0.191 e. The molecule has 0 spiro atoms. The molecule has 1 aromatic rings. The number of rotatable bonds is 7. The van der Waals surface area contributed by atoms with E-state index < -0.39 is 0 Å². The van der Waals surface area contributed by atoms with Crippen LogP contribution in [0.1, 0.15) is 45.5 Å². The highest BCUT2D eigenvalue weighted by Crippen LogP contribution is 2.20. The lowest BCUT2D eigenvalue weighted by Gasteiger charge is -2.45. The lowest BCUT2D eigenvalue weighted by Crippen LogP contribution is -2.59. The summed E-state index contributed by atoms with van der Waals surface area (Å²) in [5.41, 5.74) is 2.32. The fourth-order valence-corrected chi connectivity index (χ4v) is 3.64. The van der Waals surface area contributed by atoms with Crippen molar-refractivity contribution in [3.05, 3.63) is 17.5 Å². The van der Waals surface area contributed by atoms with Gasteiger partial charge in [0.15, 0.2) is 5.96 Å². The summed E-state index contributed by atoms with van der Waals surface area (Å²) in [7, 11) is 1.82. The van der Waals surface area contributed by atoms with Crippen molar-refractivity contribution in [3.8, 4) is 0 Å². The number of nitrogens with zero attached hydrogens (tertiary/aromatic N) is 4. The molecule has 0 saturated carbocycles. The molecule has 7 heteroatoms. The summed E-state index contributed by atoms with van der Waals surface area (Å²) in [6, 6.07) is 2.11. The van der Waals surface area contributed by atoms with Crippen LogP contribution in [0, 0.1) is 13.8 Å². The van der Waals surface area contributed by atoms with Gasteiger partial charge < -0.3 is 15.4 Å². The SMILES string of the molecule is CN=C(NCCCn1nc(C)cc1C)NCC(C)(C)N1CC(C)OC(C)C1. The van der Waals surface area contributed by atoms with Gasteiger partial charge in [-0.05, 0) is 54.0 Å². The van der Waals surface area contributed by atoms with E-state index in [2.05, 4.69) is 71.0 Å². The molecule has 2 heterocycles. The number of hydrogen-bond acceptors (Lipinski definition) is 4. The van der Waals surface area contributed by atoms with Gasteiger partial charge in [0.2, 0.25) is 0 Å². The molecule has 27 heavy (non-hydrogen) atoms. The second kappa shape index (κ2) is 9.55. The first-order chi connectivity index (χ1) is 12.7. The zero-order chi connectivity index (χ0) is 20.0. The molecule has 1 aliphatic heterocycles. The summed E-state index contributed by atoms with van der Waals surface area (Å²) in [6.45, 7) is 17.5. The summed E-state index contributed by atoms with van der Waals surface area (Å²) >= 11 is 0. The molecule has 2 N–H and O–H groups in total. The van der Waals surface area contributed by atoms with E-state index in [1.54, 1.807) is 0 Å². The molecule has 0 amide bonds. The van der Waals surface area contributed by atoms with Gasteiger partial charge in [-0.1, -0.05) is 0 Å². The molecule has 0 bridgehead atoms. The first-order valence-corrected chi connectivity index (χ1v) is 10.1. The third kappa shape index (κ3) is 6.50. The fourth-order valence-electron chi connectivity index (χ4n) is 3.64. The third-order valence-corrected chi connectivity index (χ3v) is 5.13. The Kier molecular flexibility index (Phi) is 7.68. The lowest BCUT2D eigenvalue weighted by atomic mass is 10.00. The Labute approximate surface area is 164 Å². The lowest BCUT2D eigenvalue weighted by molar-refractivity contribution is -0.0946. The van der Waals surface area contributed by atoms with Crippen molar-refractivity contribution in [1.82, 2.24) is 25.3 Å². The van der Waals surface area contributed by atoms with Gasteiger partial charge in [0, 0.05) is 51.0 Å². The number of hydrogen-bond donors (Lipinski definition) is 2. The van der Waals surface area contributed by atoms with Gasteiger partial charge >= 0.3 is 0 Å². The highest BCUT2D eigenvalue weighted by atomic mass is 16.5. The van der Waals surface area contributed by atoms with Crippen LogP contribution in [0.2, 0.25) is 0 Å². The van der Waals surface area contributed by atoms with E-state index >= 15 is 0 Å². The highest BCUT2D eigenvalue weighted by Gasteiger charge is 2.33. The summed E-state index contributed by atoms with van der Waals surface area (Å²) in [5, 5.41) is 11.4. The van der Waals surface area contributed by atoms with Crippen LogP contribution in [0.5, 0.6) is 0 Å². The number of nitrogens with one attached hydrogen (secondary N) is 2. The second-order valence-electron chi connectivity index (χ2n) is 8.33. The molecule has 1 aromatic heterocycles. The minimum Gasteiger partial charge on any atom is -0.373 e. The molecule has 0 radical (unpaired) electrons. The van der Waals surface area contributed by atoms with Crippen molar-refractivity contribution in [2.75, 3.05) is 33.2 Å². The van der Waals surface area contributed by atoms with Crippen molar-refractivity contribution in [1.29, 1.82) is 0 Å². The number of aromatic nitrogens is 2. The maximum atomic E-state index is 5.86. The van der Waals surface area contributed by atoms with Gasteiger partial charge in [-0.25, -0.2) is 0 Å². The molecule has 2 unspecified atom stereocenters. The van der Waals surface area contributed by atoms with Crippen molar-refractivity contribution in [2.24, 2.45) is 4.99 Å². The maximum absolute atomic E-state index is 5.86. The quantitative estimate of drug-likeness (QED) is 0.431. The summed E-state index contributed by atoms with van der Waals surface area (Å²) in [4.78, 5) is 6.87. The first kappa shape index (κ1) is 21.7. The number of guanidine groups is 1. The van der Waals surface area contributed by atoms with Crippen LogP contribution in [0.25, 0.3) is 0 Å². The molecular weight excluding hydrogens is 340 g/mol. The smallest absolute Gasteiger partial charge is 0.191 e. The average Bonchev–Trinajstić information content (AvgIpc) is 2.90. The van der Waals surface area contributed by atoms with Crippen LogP contribution in [0.4, 0.5) is 0 Å². The Balaban J connectivity index is 1.75. The van der Waals surface area contributed by atoms with Crippen molar-refractivity contribution in [2.45, 2.75) is 72.3 Å². The third-order valence-electron chi connectivity index (χ3n) is 5.13. The Morgan fingerprint density at radius 2 is 1.93 bits per heavy atom. The number of aliphatic imine (C=N–C) groups is 1. The molecular formula is C20H38N6O. The van der Waals surface area contributed by atoms with Crippen LogP contribution in [0.3, 0.4) is 0 Å². The van der Waals surface area contributed by atoms with Crippen molar-refractivity contribution in [3.63, 3.8) is 0 Å². The Hall–Kier alpha value is -1.60. The molecule has 0 aromatic carbocycles. The van der Waals surface area contributed by atoms with Gasteiger partial charge in [0.25, 0.3) is 0 Å². The molecule has 1 saturated heterocycles. The van der Waals surface area contributed by atoms with Crippen molar-refractivity contribution < 1.29 is 4.74 Å². The monoisotopic (exact) mass is 378 g/mol. The Bertz CT molecular complexity index is 614. The van der Waals surface area contributed by atoms with Crippen molar-refractivity contribution >= 4 is 5.96 Å². The first-order valence-electron chi connectivity index (χ1n) is 10.1. The number of morpholine rings is 1. The van der Waals surface area contributed by atoms with Gasteiger partial charge in [-0.2, -0.15) is 5.10 Å². The topological polar surface area (TPSA) is 66.7 Å². The summed E-state index contributed by atoms with van der Waals surface area (Å²) in [5.74, 6) is 0.853. The minimum atomic E-state index is 0.0353.